The second-order valence-electron chi connectivity index (χ2n) is 8.04. The Morgan fingerprint density at radius 3 is 2.64 bits per heavy atom. The largest absolute Gasteiger partial charge is 0.465 e. The van der Waals surface area contributed by atoms with E-state index in [1.54, 1.807) is 5.48 Å². The molecule has 0 radical (unpaired) electrons. The van der Waals surface area contributed by atoms with Gasteiger partial charge >= 0.3 is 6.09 Å². The Morgan fingerprint density at radius 2 is 2.00 bits per heavy atom. The van der Waals surface area contributed by atoms with E-state index in [4.69, 9.17) is 9.73 Å². The van der Waals surface area contributed by atoms with Crippen LogP contribution in [-0.2, 0) is 10.2 Å². The molecule has 1 saturated carbocycles. The van der Waals surface area contributed by atoms with Crippen LogP contribution in [0.5, 0.6) is 0 Å². The molecule has 9 nitrogen and oxygen atoms in total. The number of hydrogen-bond donors (Lipinski definition) is 3. The maximum absolute atomic E-state index is 12.2. The summed E-state index contributed by atoms with van der Waals surface area (Å²) in [5.74, 6) is 0.519. The Labute approximate surface area is 164 Å². The molecular formula is C19H30N4O5. The van der Waals surface area contributed by atoms with Crippen molar-refractivity contribution in [1.29, 1.82) is 0 Å². The highest BCUT2D eigenvalue weighted by atomic mass is 16.5. The van der Waals surface area contributed by atoms with Crippen LogP contribution < -0.4 is 5.48 Å². The molecule has 1 aromatic heterocycles. The highest BCUT2D eigenvalue weighted by molar-refractivity contribution is 5.76. The average Bonchev–Trinajstić information content (AvgIpc) is 3.37. The summed E-state index contributed by atoms with van der Waals surface area (Å²) in [5.41, 5.74) is 1.12. The van der Waals surface area contributed by atoms with Gasteiger partial charge in [-0.05, 0) is 38.0 Å². The van der Waals surface area contributed by atoms with Gasteiger partial charge in [0.05, 0.1) is 11.5 Å². The minimum absolute atomic E-state index is 0.0803. The van der Waals surface area contributed by atoms with Crippen molar-refractivity contribution >= 4 is 12.0 Å². The molecule has 0 aromatic carbocycles. The number of carbonyl (C=O) groups is 2. The van der Waals surface area contributed by atoms with Gasteiger partial charge in [-0.2, -0.15) is 4.98 Å². The number of hydroxylamine groups is 1. The first-order valence-corrected chi connectivity index (χ1v) is 10.3. The van der Waals surface area contributed by atoms with Gasteiger partial charge in [-0.1, -0.05) is 37.8 Å². The van der Waals surface area contributed by atoms with E-state index in [1.807, 2.05) is 0 Å². The van der Waals surface area contributed by atoms with Gasteiger partial charge in [0, 0.05) is 13.0 Å². The summed E-state index contributed by atoms with van der Waals surface area (Å²) in [5, 5.41) is 22.7. The highest BCUT2D eigenvalue weighted by Crippen LogP contribution is 2.46. The van der Waals surface area contributed by atoms with E-state index >= 15 is 0 Å². The molecule has 0 bridgehead atoms. The lowest BCUT2D eigenvalue weighted by Crippen LogP contribution is -2.41. The van der Waals surface area contributed by atoms with Gasteiger partial charge in [0.2, 0.25) is 11.8 Å². The molecular weight excluding hydrogens is 364 g/mol. The molecule has 0 spiro atoms. The number of carbonyl (C=O) groups excluding carboxylic acids is 1. The quantitative estimate of drug-likeness (QED) is 0.477. The Hall–Kier alpha value is -2.16. The van der Waals surface area contributed by atoms with Crippen molar-refractivity contribution in [2.24, 2.45) is 5.92 Å². The third-order valence-electron chi connectivity index (χ3n) is 6.35. The van der Waals surface area contributed by atoms with Gasteiger partial charge in [-0.15, -0.1) is 0 Å². The Morgan fingerprint density at radius 1 is 1.25 bits per heavy atom. The molecule has 2 aliphatic rings. The zero-order chi connectivity index (χ0) is 20.1. The first kappa shape index (κ1) is 20.6. The lowest BCUT2D eigenvalue weighted by molar-refractivity contribution is -0.131. The lowest BCUT2D eigenvalue weighted by Gasteiger charge is -2.39. The maximum Gasteiger partial charge on any atom is 0.407 e. The van der Waals surface area contributed by atoms with Crippen LogP contribution in [0.15, 0.2) is 4.52 Å². The Kier molecular flexibility index (Phi) is 6.53. The van der Waals surface area contributed by atoms with Gasteiger partial charge in [0.1, 0.15) is 0 Å². The van der Waals surface area contributed by atoms with E-state index in [0.29, 0.717) is 31.1 Å². The first-order chi connectivity index (χ1) is 13.5. The molecule has 3 rings (SSSR count). The van der Waals surface area contributed by atoms with Gasteiger partial charge in [0.25, 0.3) is 0 Å². The number of nitrogens with one attached hydrogen (secondary N) is 1. The fourth-order valence-corrected chi connectivity index (χ4v) is 5.06. The average molecular weight is 394 g/mol. The third-order valence-corrected chi connectivity index (χ3v) is 6.35. The molecule has 2 atom stereocenters. The van der Waals surface area contributed by atoms with E-state index in [-0.39, 0.29) is 12.3 Å². The molecule has 9 heteroatoms. The fourth-order valence-electron chi connectivity index (χ4n) is 5.06. The number of rotatable bonds is 7. The molecule has 1 aliphatic heterocycles. The van der Waals surface area contributed by atoms with Crippen molar-refractivity contribution in [3.8, 4) is 0 Å². The van der Waals surface area contributed by atoms with Crippen LogP contribution in [0.4, 0.5) is 4.79 Å². The number of carboxylic acid groups (broad SMARTS) is 1. The van der Waals surface area contributed by atoms with Crippen molar-refractivity contribution in [3.05, 3.63) is 11.7 Å². The van der Waals surface area contributed by atoms with Crippen molar-refractivity contribution < 1.29 is 24.4 Å². The molecule has 1 unspecified atom stereocenters. The summed E-state index contributed by atoms with van der Waals surface area (Å²) in [6, 6.07) is -0.410. The van der Waals surface area contributed by atoms with Gasteiger partial charge in [-0.25, -0.2) is 10.3 Å². The molecule has 2 heterocycles. The number of nitrogens with zero attached hydrogens (tertiary/aromatic N) is 3. The predicted octanol–water partition coefficient (Wildman–Crippen LogP) is 3.40. The molecule has 1 saturated heterocycles. The van der Waals surface area contributed by atoms with E-state index in [1.165, 1.54) is 11.3 Å². The lowest BCUT2D eigenvalue weighted by atomic mass is 9.64. The summed E-state index contributed by atoms with van der Waals surface area (Å²) in [6.45, 7) is 2.51. The van der Waals surface area contributed by atoms with Crippen molar-refractivity contribution in [1.82, 2.24) is 20.5 Å². The smallest absolute Gasteiger partial charge is 0.407 e. The SMILES string of the molecule is CCCC(CC(=O)NO)(c1nc([C@@H]2CCCN2C(=O)O)no1)C1CCCCC1. The normalized spacial score (nSPS) is 22.8. The van der Waals surface area contributed by atoms with Crippen LogP contribution in [0.2, 0.25) is 0 Å². The Bertz CT molecular complexity index is 688. The second-order valence-corrected chi connectivity index (χ2v) is 8.04. The van der Waals surface area contributed by atoms with Crippen molar-refractivity contribution in [2.75, 3.05) is 6.54 Å². The summed E-state index contributed by atoms with van der Waals surface area (Å²) in [6.07, 6.45) is 7.34. The number of hydrogen-bond acceptors (Lipinski definition) is 6. The summed E-state index contributed by atoms with van der Waals surface area (Å²) in [4.78, 5) is 29.6. The van der Waals surface area contributed by atoms with E-state index in [9.17, 15) is 14.7 Å². The predicted molar refractivity (Wildman–Crippen MR) is 98.7 cm³/mol. The minimum Gasteiger partial charge on any atom is -0.465 e. The zero-order valence-electron chi connectivity index (χ0n) is 16.4. The van der Waals surface area contributed by atoms with Crippen LogP contribution in [0.25, 0.3) is 0 Å². The minimum atomic E-state index is -0.986. The summed E-state index contributed by atoms with van der Waals surface area (Å²) < 4.78 is 5.68. The summed E-state index contributed by atoms with van der Waals surface area (Å²) >= 11 is 0. The number of likely N-dealkylation sites (tertiary alicyclic amines) is 1. The monoisotopic (exact) mass is 394 g/mol. The highest BCUT2D eigenvalue weighted by Gasteiger charge is 2.47. The van der Waals surface area contributed by atoms with Gasteiger partial charge in [0.15, 0.2) is 5.82 Å². The second kappa shape index (κ2) is 8.89. The number of aromatic nitrogens is 2. The van der Waals surface area contributed by atoms with Crippen LogP contribution >= 0.6 is 0 Å². The van der Waals surface area contributed by atoms with Crippen molar-refractivity contribution in [2.45, 2.75) is 82.6 Å². The fraction of sp³-hybridized carbons (Fsp3) is 0.789. The molecule has 1 aliphatic carbocycles. The van der Waals surface area contributed by atoms with E-state index in [2.05, 4.69) is 17.1 Å². The van der Waals surface area contributed by atoms with Crippen LogP contribution in [0, 0.1) is 5.92 Å². The first-order valence-electron chi connectivity index (χ1n) is 10.3. The van der Waals surface area contributed by atoms with Gasteiger partial charge < -0.3 is 9.63 Å². The zero-order valence-corrected chi connectivity index (χ0v) is 16.4. The topological polar surface area (TPSA) is 129 Å². The van der Waals surface area contributed by atoms with E-state index < -0.39 is 23.5 Å². The Balaban J connectivity index is 1.96. The standard InChI is InChI=1S/C19H30N4O5/c1-2-10-19(12-15(24)21-27,13-7-4-3-5-8-13)17-20-16(22-28-17)14-9-6-11-23(14)18(25)26/h13-14,27H,2-12H2,1H3,(H,21,24)(H,25,26)/t14-,19?/m0/s1. The van der Waals surface area contributed by atoms with E-state index in [0.717, 1.165) is 38.5 Å². The van der Waals surface area contributed by atoms with Crippen LogP contribution in [0.1, 0.15) is 88.9 Å². The summed E-state index contributed by atoms with van der Waals surface area (Å²) in [7, 11) is 0. The molecule has 2 fully saturated rings. The van der Waals surface area contributed by atoms with Gasteiger partial charge in [-0.3, -0.25) is 14.9 Å². The molecule has 1 aromatic rings. The van der Waals surface area contributed by atoms with Crippen LogP contribution in [-0.4, -0.2) is 43.9 Å². The number of amides is 2. The molecule has 3 N–H and O–H groups in total. The molecule has 2 amide bonds. The van der Waals surface area contributed by atoms with Crippen LogP contribution in [0.3, 0.4) is 0 Å². The molecule has 28 heavy (non-hydrogen) atoms. The maximum atomic E-state index is 12.2. The van der Waals surface area contributed by atoms with Crippen molar-refractivity contribution in [3.63, 3.8) is 0 Å². The third kappa shape index (κ3) is 3.99. The molecule has 156 valence electrons.